The zero-order chi connectivity index (χ0) is 13.3. The van der Waals surface area contributed by atoms with E-state index in [0.29, 0.717) is 6.07 Å². The maximum absolute atomic E-state index is 13.8. The van der Waals surface area contributed by atoms with E-state index in [1.807, 2.05) is 0 Å². The van der Waals surface area contributed by atoms with E-state index in [-0.39, 0.29) is 16.9 Å². The van der Waals surface area contributed by atoms with Crippen molar-refractivity contribution in [2.75, 3.05) is 5.73 Å². The lowest BCUT2D eigenvalue weighted by Gasteiger charge is -2.11. The third kappa shape index (κ3) is 2.27. The molecule has 18 heavy (non-hydrogen) atoms. The zero-order valence-corrected chi connectivity index (χ0v) is 9.00. The van der Waals surface area contributed by atoms with Crippen LogP contribution in [-0.2, 0) is 6.18 Å². The molecule has 2 nitrogen and oxygen atoms in total. The van der Waals surface area contributed by atoms with E-state index in [4.69, 9.17) is 5.73 Å². The molecule has 0 aliphatic rings. The summed E-state index contributed by atoms with van der Waals surface area (Å²) < 4.78 is 51.4. The highest BCUT2D eigenvalue weighted by atomic mass is 19.4. The number of nitrogens with two attached hydrogens (primary N) is 1. The Morgan fingerprint density at radius 2 is 1.78 bits per heavy atom. The minimum atomic E-state index is -4.72. The van der Waals surface area contributed by atoms with Crippen LogP contribution in [0.5, 0.6) is 0 Å². The summed E-state index contributed by atoms with van der Waals surface area (Å²) in [5.74, 6) is -1.09. The Bertz CT molecular complexity index is 561. The predicted molar refractivity (Wildman–Crippen MR) is 59.0 cm³/mol. The lowest BCUT2D eigenvalue weighted by atomic mass is 10.0. The van der Waals surface area contributed by atoms with Crippen LogP contribution in [0.15, 0.2) is 36.5 Å². The summed E-state index contributed by atoms with van der Waals surface area (Å²) in [6.07, 6.45) is -3.49. The van der Waals surface area contributed by atoms with Crippen molar-refractivity contribution in [3.63, 3.8) is 0 Å². The fourth-order valence-electron chi connectivity index (χ4n) is 1.54. The first-order valence-electron chi connectivity index (χ1n) is 4.97. The van der Waals surface area contributed by atoms with Crippen LogP contribution in [0, 0.1) is 5.82 Å². The average molecular weight is 256 g/mol. The lowest BCUT2D eigenvalue weighted by molar-refractivity contribution is -0.139. The summed E-state index contributed by atoms with van der Waals surface area (Å²) in [6.45, 7) is 0. The van der Waals surface area contributed by atoms with Gasteiger partial charge in [0.2, 0.25) is 0 Å². The molecular weight excluding hydrogens is 248 g/mol. The second kappa shape index (κ2) is 4.29. The SMILES string of the molecule is Nc1ccc(-c2cccc(C(F)(F)F)c2F)cn1. The van der Waals surface area contributed by atoms with Gasteiger partial charge < -0.3 is 5.73 Å². The highest BCUT2D eigenvalue weighted by molar-refractivity contribution is 5.65. The van der Waals surface area contributed by atoms with Gasteiger partial charge in [0, 0.05) is 17.3 Å². The molecule has 0 bridgehead atoms. The minimum absolute atomic E-state index is 0.155. The number of benzene rings is 1. The van der Waals surface area contributed by atoms with E-state index in [9.17, 15) is 17.6 Å². The molecule has 1 heterocycles. The normalized spacial score (nSPS) is 11.6. The summed E-state index contributed by atoms with van der Waals surface area (Å²) in [5.41, 5.74) is 4.15. The molecule has 0 spiro atoms. The smallest absolute Gasteiger partial charge is 0.384 e. The molecule has 0 radical (unpaired) electrons. The van der Waals surface area contributed by atoms with Gasteiger partial charge in [-0.1, -0.05) is 12.1 Å². The number of hydrogen-bond donors (Lipinski definition) is 1. The highest BCUT2D eigenvalue weighted by Gasteiger charge is 2.34. The molecule has 1 aromatic heterocycles. The molecule has 0 atom stereocenters. The van der Waals surface area contributed by atoms with Crippen LogP contribution in [0.2, 0.25) is 0 Å². The predicted octanol–water partition coefficient (Wildman–Crippen LogP) is 3.49. The number of alkyl halides is 3. The quantitative estimate of drug-likeness (QED) is 0.793. The molecule has 1 aromatic carbocycles. The van der Waals surface area contributed by atoms with Gasteiger partial charge in [-0.3, -0.25) is 0 Å². The minimum Gasteiger partial charge on any atom is -0.384 e. The van der Waals surface area contributed by atoms with Crippen molar-refractivity contribution >= 4 is 5.82 Å². The second-order valence-corrected chi connectivity index (χ2v) is 3.64. The topological polar surface area (TPSA) is 38.9 Å². The van der Waals surface area contributed by atoms with Crippen molar-refractivity contribution in [2.24, 2.45) is 0 Å². The number of hydrogen-bond acceptors (Lipinski definition) is 2. The number of pyridine rings is 1. The van der Waals surface area contributed by atoms with Gasteiger partial charge in [-0.2, -0.15) is 13.2 Å². The summed E-state index contributed by atoms with van der Waals surface area (Å²) in [6, 6.07) is 5.93. The van der Waals surface area contributed by atoms with E-state index in [1.54, 1.807) is 0 Å². The number of rotatable bonds is 1. The fraction of sp³-hybridized carbons (Fsp3) is 0.0833. The van der Waals surface area contributed by atoms with Crippen molar-refractivity contribution in [1.29, 1.82) is 0 Å². The van der Waals surface area contributed by atoms with E-state index in [0.717, 1.165) is 6.07 Å². The van der Waals surface area contributed by atoms with E-state index in [1.165, 1.54) is 24.4 Å². The lowest BCUT2D eigenvalue weighted by Crippen LogP contribution is -2.08. The van der Waals surface area contributed by atoms with Gasteiger partial charge in [0.15, 0.2) is 0 Å². The van der Waals surface area contributed by atoms with Crippen molar-refractivity contribution in [1.82, 2.24) is 4.98 Å². The maximum Gasteiger partial charge on any atom is 0.419 e. The maximum atomic E-state index is 13.8. The number of halogens is 4. The van der Waals surface area contributed by atoms with Crippen molar-refractivity contribution in [3.8, 4) is 11.1 Å². The Kier molecular flexibility index (Phi) is 2.94. The third-order valence-corrected chi connectivity index (χ3v) is 2.40. The van der Waals surface area contributed by atoms with Gasteiger partial charge in [-0.05, 0) is 18.2 Å². The zero-order valence-electron chi connectivity index (χ0n) is 9.00. The summed E-state index contributed by atoms with van der Waals surface area (Å²) in [7, 11) is 0. The number of nitrogens with zero attached hydrogens (tertiary/aromatic N) is 1. The van der Waals surface area contributed by atoms with Gasteiger partial charge in [-0.15, -0.1) is 0 Å². The van der Waals surface area contributed by atoms with Crippen molar-refractivity contribution < 1.29 is 17.6 Å². The molecule has 0 aliphatic heterocycles. The molecule has 6 heteroatoms. The monoisotopic (exact) mass is 256 g/mol. The molecule has 2 rings (SSSR count). The summed E-state index contributed by atoms with van der Waals surface area (Å²) >= 11 is 0. The van der Waals surface area contributed by atoms with E-state index >= 15 is 0 Å². The van der Waals surface area contributed by atoms with Crippen LogP contribution in [0.4, 0.5) is 23.4 Å². The molecule has 0 saturated heterocycles. The van der Waals surface area contributed by atoms with Crippen molar-refractivity contribution in [3.05, 3.63) is 47.9 Å². The Hall–Kier alpha value is -2.11. The standard InChI is InChI=1S/C12H8F4N2/c13-11-8(7-4-5-10(17)18-6-7)2-1-3-9(11)12(14,15)16/h1-6H,(H2,17,18). The third-order valence-electron chi connectivity index (χ3n) is 2.40. The van der Waals surface area contributed by atoms with Crippen LogP contribution in [0.3, 0.4) is 0 Å². The molecule has 0 amide bonds. The van der Waals surface area contributed by atoms with Gasteiger partial charge in [0.1, 0.15) is 11.6 Å². The van der Waals surface area contributed by atoms with Crippen LogP contribution in [-0.4, -0.2) is 4.98 Å². The average Bonchev–Trinajstić information content (AvgIpc) is 2.29. The van der Waals surface area contributed by atoms with Crippen LogP contribution >= 0.6 is 0 Å². The number of nitrogen functional groups attached to an aromatic ring is 1. The molecule has 0 unspecified atom stereocenters. The van der Waals surface area contributed by atoms with E-state index in [2.05, 4.69) is 4.98 Å². The first kappa shape index (κ1) is 12.3. The second-order valence-electron chi connectivity index (χ2n) is 3.64. The van der Waals surface area contributed by atoms with Crippen LogP contribution in [0.1, 0.15) is 5.56 Å². The van der Waals surface area contributed by atoms with Crippen LogP contribution < -0.4 is 5.73 Å². The largest absolute Gasteiger partial charge is 0.419 e. The first-order chi connectivity index (χ1) is 8.39. The van der Waals surface area contributed by atoms with E-state index < -0.39 is 17.6 Å². The fourth-order valence-corrected chi connectivity index (χ4v) is 1.54. The number of aromatic nitrogens is 1. The van der Waals surface area contributed by atoms with Crippen LogP contribution in [0.25, 0.3) is 11.1 Å². The van der Waals surface area contributed by atoms with Gasteiger partial charge >= 0.3 is 6.18 Å². The Morgan fingerprint density at radius 1 is 1.06 bits per heavy atom. The summed E-state index contributed by atoms with van der Waals surface area (Å²) in [5, 5.41) is 0. The summed E-state index contributed by atoms with van der Waals surface area (Å²) in [4.78, 5) is 3.72. The van der Waals surface area contributed by atoms with Gasteiger partial charge in [0.25, 0.3) is 0 Å². The first-order valence-corrected chi connectivity index (χ1v) is 4.97. The Labute approximate surface area is 100 Å². The highest BCUT2D eigenvalue weighted by Crippen LogP contribution is 2.35. The Balaban J connectivity index is 2.56. The molecule has 0 fully saturated rings. The van der Waals surface area contributed by atoms with Gasteiger partial charge in [-0.25, -0.2) is 9.37 Å². The molecule has 2 N–H and O–H groups in total. The van der Waals surface area contributed by atoms with Gasteiger partial charge in [0.05, 0.1) is 5.56 Å². The Morgan fingerprint density at radius 3 is 2.33 bits per heavy atom. The molecule has 94 valence electrons. The molecular formula is C12H8F4N2. The number of anilines is 1. The molecule has 0 aliphatic carbocycles. The molecule has 2 aromatic rings. The van der Waals surface area contributed by atoms with Crippen molar-refractivity contribution in [2.45, 2.75) is 6.18 Å². The molecule has 0 saturated carbocycles.